The fourth-order valence-electron chi connectivity index (χ4n) is 2.89. The first-order valence-electron chi connectivity index (χ1n) is 9.83. The summed E-state index contributed by atoms with van der Waals surface area (Å²) < 4.78 is 41.0. The molecule has 1 aromatic carbocycles. The van der Waals surface area contributed by atoms with E-state index in [9.17, 15) is 13.6 Å². The van der Waals surface area contributed by atoms with Gasteiger partial charge in [-0.05, 0) is 33.8 Å². The van der Waals surface area contributed by atoms with Gasteiger partial charge in [0.1, 0.15) is 5.60 Å². The van der Waals surface area contributed by atoms with Gasteiger partial charge in [0.25, 0.3) is 0 Å². The zero-order valence-corrected chi connectivity index (χ0v) is 17.9. The largest absolute Gasteiger partial charge is 0.490 e. The highest BCUT2D eigenvalue weighted by molar-refractivity contribution is 5.78. The molecule has 8 nitrogen and oxygen atoms in total. The van der Waals surface area contributed by atoms with Crippen LogP contribution in [0.2, 0.25) is 0 Å². The van der Waals surface area contributed by atoms with E-state index in [1.165, 1.54) is 0 Å². The Balaban J connectivity index is 2.01. The molecule has 1 amide bonds. The van der Waals surface area contributed by atoms with Crippen molar-refractivity contribution in [3.8, 4) is 11.5 Å². The quantitative estimate of drug-likeness (QED) is 0.553. The zero-order chi connectivity index (χ0) is 22.3. The molecule has 0 saturated carbocycles. The van der Waals surface area contributed by atoms with Gasteiger partial charge >= 0.3 is 12.7 Å². The number of benzene rings is 1. The highest BCUT2D eigenvalue weighted by atomic mass is 19.3. The normalized spacial score (nSPS) is 15.4. The maximum absolute atomic E-state index is 12.8. The van der Waals surface area contributed by atoms with E-state index in [4.69, 9.17) is 15.2 Å². The molecule has 0 unspecified atom stereocenters. The summed E-state index contributed by atoms with van der Waals surface area (Å²) in [5.41, 5.74) is 5.98. The lowest BCUT2D eigenvalue weighted by Gasteiger charge is -2.36. The van der Waals surface area contributed by atoms with Crippen molar-refractivity contribution in [3.05, 3.63) is 23.8 Å². The lowest BCUT2D eigenvalue weighted by molar-refractivity contribution is -0.0520. The first-order chi connectivity index (χ1) is 14.1. The topological polar surface area (TPSA) is 89.6 Å². The number of hydrogen-bond donors (Lipinski definition) is 1. The van der Waals surface area contributed by atoms with E-state index in [-0.39, 0.29) is 30.1 Å². The summed E-state index contributed by atoms with van der Waals surface area (Å²) in [5, 5.41) is 0. The van der Waals surface area contributed by atoms with Crippen molar-refractivity contribution in [3.63, 3.8) is 0 Å². The summed E-state index contributed by atoms with van der Waals surface area (Å²) in [4.78, 5) is 19.9. The number of alkyl halides is 2. The van der Waals surface area contributed by atoms with Crippen LogP contribution in [0.3, 0.4) is 0 Å². The van der Waals surface area contributed by atoms with Crippen molar-refractivity contribution < 1.29 is 27.8 Å². The molecule has 1 heterocycles. The molecule has 0 aliphatic carbocycles. The number of guanidine groups is 1. The fourth-order valence-corrected chi connectivity index (χ4v) is 2.89. The minimum atomic E-state index is -2.98. The maximum atomic E-state index is 12.8. The van der Waals surface area contributed by atoms with Gasteiger partial charge in [-0.3, -0.25) is 0 Å². The molecule has 0 spiro atoms. The second-order valence-electron chi connectivity index (χ2n) is 7.68. The average molecular weight is 428 g/mol. The first-order valence-corrected chi connectivity index (χ1v) is 9.83. The third-order valence-corrected chi connectivity index (χ3v) is 4.23. The van der Waals surface area contributed by atoms with Crippen molar-refractivity contribution in [1.29, 1.82) is 0 Å². The molecule has 168 valence electrons. The van der Waals surface area contributed by atoms with E-state index in [2.05, 4.69) is 9.73 Å². The molecule has 0 radical (unpaired) electrons. The number of ether oxygens (including phenoxy) is 3. The fraction of sp³-hybridized carbons (Fsp3) is 0.600. The molecule has 30 heavy (non-hydrogen) atoms. The van der Waals surface area contributed by atoms with Gasteiger partial charge in [-0.15, -0.1) is 0 Å². The summed E-state index contributed by atoms with van der Waals surface area (Å²) in [5.74, 6) is 0.458. The van der Waals surface area contributed by atoms with Gasteiger partial charge in [0.15, 0.2) is 17.5 Å². The molecule has 1 fully saturated rings. The van der Waals surface area contributed by atoms with Gasteiger partial charge in [-0.2, -0.15) is 8.78 Å². The van der Waals surface area contributed by atoms with Crippen molar-refractivity contribution in [2.45, 2.75) is 46.5 Å². The summed E-state index contributed by atoms with van der Waals surface area (Å²) in [6, 6.07) is 4.88. The van der Waals surface area contributed by atoms with Crippen molar-refractivity contribution >= 4 is 12.1 Å². The molecule has 1 saturated heterocycles. The van der Waals surface area contributed by atoms with E-state index >= 15 is 0 Å². The van der Waals surface area contributed by atoms with Crippen molar-refractivity contribution in [1.82, 2.24) is 9.80 Å². The predicted molar refractivity (Wildman–Crippen MR) is 109 cm³/mol. The minimum Gasteiger partial charge on any atom is -0.490 e. The van der Waals surface area contributed by atoms with Crippen LogP contribution in [0.5, 0.6) is 11.5 Å². The number of halogens is 2. The van der Waals surface area contributed by atoms with Crippen LogP contribution < -0.4 is 15.2 Å². The molecule has 2 N–H and O–H groups in total. The summed E-state index contributed by atoms with van der Waals surface area (Å²) >= 11 is 0. The average Bonchev–Trinajstić information content (AvgIpc) is 2.66. The number of nitrogens with zero attached hydrogens (tertiary/aromatic N) is 3. The second kappa shape index (κ2) is 10.3. The van der Waals surface area contributed by atoms with Crippen LogP contribution in [-0.4, -0.2) is 66.9 Å². The van der Waals surface area contributed by atoms with Crippen molar-refractivity contribution in [2.75, 3.05) is 32.8 Å². The lowest BCUT2D eigenvalue weighted by atomic mass is 10.2. The molecule has 1 aliphatic rings. The Morgan fingerprint density at radius 1 is 1.20 bits per heavy atom. The zero-order valence-electron chi connectivity index (χ0n) is 17.9. The number of amides is 1. The molecule has 0 bridgehead atoms. The van der Waals surface area contributed by atoms with Crippen LogP contribution in [-0.2, 0) is 11.3 Å². The Kier molecular flexibility index (Phi) is 8.08. The summed E-state index contributed by atoms with van der Waals surface area (Å²) in [7, 11) is 0. The molecular weight excluding hydrogens is 398 g/mol. The van der Waals surface area contributed by atoms with E-state index in [1.807, 2.05) is 25.7 Å². The monoisotopic (exact) mass is 428 g/mol. The van der Waals surface area contributed by atoms with Crippen LogP contribution in [0.1, 0.15) is 33.3 Å². The summed E-state index contributed by atoms with van der Waals surface area (Å²) in [6.45, 7) is 6.49. The minimum absolute atomic E-state index is 0.0411. The number of para-hydroxylation sites is 1. The third kappa shape index (κ3) is 6.93. The SMILES string of the molecule is CCOc1cccc(CN=C(N)N2CCN(C(=O)OC(C)(C)C)CC2)c1OC(F)F. The maximum Gasteiger partial charge on any atom is 0.410 e. The number of carbonyl (C=O) groups is 1. The number of piperazine rings is 1. The highest BCUT2D eigenvalue weighted by Crippen LogP contribution is 2.33. The van der Waals surface area contributed by atoms with E-state index in [1.54, 1.807) is 30.0 Å². The smallest absolute Gasteiger partial charge is 0.410 e. The Morgan fingerprint density at radius 3 is 2.40 bits per heavy atom. The Hall–Kier alpha value is -2.78. The number of carbonyl (C=O) groups excluding carboxylic acids is 1. The van der Waals surface area contributed by atoms with Gasteiger partial charge in [-0.25, -0.2) is 9.79 Å². The third-order valence-electron chi connectivity index (χ3n) is 4.23. The van der Waals surface area contributed by atoms with Crippen LogP contribution in [0.25, 0.3) is 0 Å². The van der Waals surface area contributed by atoms with Crippen LogP contribution in [0.4, 0.5) is 13.6 Å². The van der Waals surface area contributed by atoms with Crippen LogP contribution in [0.15, 0.2) is 23.2 Å². The van der Waals surface area contributed by atoms with Crippen LogP contribution in [0, 0.1) is 0 Å². The molecule has 0 atom stereocenters. The number of aliphatic imine (C=N–C) groups is 1. The van der Waals surface area contributed by atoms with Gasteiger partial charge in [0, 0.05) is 31.7 Å². The number of nitrogens with two attached hydrogens (primary N) is 1. The highest BCUT2D eigenvalue weighted by Gasteiger charge is 2.26. The van der Waals surface area contributed by atoms with Gasteiger partial charge in [0.05, 0.1) is 13.2 Å². The molecular formula is C20H30F2N4O4. The summed E-state index contributed by atoms with van der Waals surface area (Å²) in [6.07, 6.45) is -0.362. The van der Waals surface area contributed by atoms with E-state index in [0.717, 1.165) is 0 Å². The van der Waals surface area contributed by atoms with E-state index in [0.29, 0.717) is 38.3 Å². The molecule has 1 aromatic rings. The van der Waals surface area contributed by atoms with Crippen molar-refractivity contribution in [2.24, 2.45) is 10.7 Å². The molecule has 0 aromatic heterocycles. The molecule has 1 aliphatic heterocycles. The van der Waals surface area contributed by atoms with Gasteiger partial charge < -0.3 is 29.7 Å². The number of rotatable bonds is 6. The Morgan fingerprint density at radius 2 is 1.83 bits per heavy atom. The molecule has 10 heteroatoms. The standard InChI is InChI=1S/C20H30F2N4O4/c1-5-28-15-8-6-7-14(16(15)29-17(21)22)13-24-18(23)25-9-11-26(12-10-25)19(27)30-20(2,3)4/h6-8,17H,5,9-13H2,1-4H3,(H2,23,24). The van der Waals surface area contributed by atoms with Gasteiger partial charge in [0.2, 0.25) is 0 Å². The lowest BCUT2D eigenvalue weighted by Crippen LogP contribution is -2.53. The van der Waals surface area contributed by atoms with E-state index < -0.39 is 12.2 Å². The van der Waals surface area contributed by atoms with Crippen LogP contribution >= 0.6 is 0 Å². The second-order valence-corrected chi connectivity index (χ2v) is 7.68. The first kappa shape index (κ1) is 23.5. The van der Waals surface area contributed by atoms with Gasteiger partial charge in [-0.1, -0.05) is 12.1 Å². The molecule has 2 rings (SSSR count). The Labute approximate surface area is 175 Å². The number of hydrogen-bond acceptors (Lipinski definition) is 5. The Bertz CT molecular complexity index is 745. The predicted octanol–water partition coefficient (Wildman–Crippen LogP) is 3.05.